The zero-order valence-electron chi connectivity index (χ0n) is 19.2. The molecule has 2 aromatic rings. The highest BCUT2D eigenvalue weighted by atomic mass is 16.5. The molecule has 0 fully saturated rings. The Kier molecular flexibility index (Phi) is 7.24. The van der Waals surface area contributed by atoms with Crippen molar-refractivity contribution in [3.05, 3.63) is 40.2 Å². The Morgan fingerprint density at radius 3 is 2.40 bits per heavy atom. The standard InChI is InChI=1S/C23H35N5O2/c1-7-19-18(20(8-2)27(4)26-19)14-25-23(24-9-3)28-11-10-16-12-21(29-5)22(30-6)13-17(16)15-28/h12-13H,7-11,14-15H2,1-6H3,(H,24,25). The van der Waals surface area contributed by atoms with Gasteiger partial charge in [-0.15, -0.1) is 0 Å². The molecule has 0 unspecified atom stereocenters. The van der Waals surface area contributed by atoms with E-state index in [9.17, 15) is 0 Å². The molecular weight excluding hydrogens is 378 g/mol. The highest BCUT2D eigenvalue weighted by Gasteiger charge is 2.22. The molecule has 1 aliphatic rings. The summed E-state index contributed by atoms with van der Waals surface area (Å²) in [4.78, 5) is 7.33. The molecule has 0 atom stereocenters. The molecule has 2 heterocycles. The molecule has 1 aromatic carbocycles. The van der Waals surface area contributed by atoms with Crippen molar-refractivity contribution in [1.29, 1.82) is 0 Å². The molecule has 164 valence electrons. The number of methoxy groups -OCH3 is 2. The Bertz CT molecular complexity index is 903. The van der Waals surface area contributed by atoms with Gasteiger partial charge in [-0.1, -0.05) is 13.8 Å². The van der Waals surface area contributed by atoms with Crippen LogP contribution in [0.5, 0.6) is 11.5 Å². The van der Waals surface area contributed by atoms with Crippen LogP contribution in [0.15, 0.2) is 17.1 Å². The SMILES string of the molecule is CCNC(=NCc1c(CC)nn(C)c1CC)N1CCc2cc(OC)c(OC)cc2C1. The largest absolute Gasteiger partial charge is 0.493 e. The van der Waals surface area contributed by atoms with Gasteiger partial charge in [0.2, 0.25) is 0 Å². The topological polar surface area (TPSA) is 63.9 Å². The Morgan fingerprint density at radius 2 is 1.80 bits per heavy atom. The maximum absolute atomic E-state index is 5.51. The number of ether oxygens (including phenoxy) is 2. The monoisotopic (exact) mass is 413 g/mol. The van der Waals surface area contributed by atoms with Crippen LogP contribution in [0.1, 0.15) is 48.8 Å². The molecular formula is C23H35N5O2. The molecule has 0 saturated carbocycles. The van der Waals surface area contributed by atoms with Crippen LogP contribution < -0.4 is 14.8 Å². The number of rotatable bonds is 7. The van der Waals surface area contributed by atoms with E-state index < -0.39 is 0 Å². The summed E-state index contributed by atoms with van der Waals surface area (Å²) in [6.45, 7) is 9.65. The fourth-order valence-electron chi connectivity index (χ4n) is 4.22. The lowest BCUT2D eigenvalue weighted by Gasteiger charge is -2.32. The number of aliphatic imine (C=N–C) groups is 1. The highest BCUT2D eigenvalue weighted by Crippen LogP contribution is 2.33. The molecule has 0 aliphatic carbocycles. The summed E-state index contributed by atoms with van der Waals surface area (Å²) in [6, 6.07) is 4.20. The van der Waals surface area contributed by atoms with E-state index in [1.807, 2.05) is 11.7 Å². The lowest BCUT2D eigenvalue weighted by molar-refractivity contribution is 0.346. The van der Waals surface area contributed by atoms with E-state index in [-0.39, 0.29) is 0 Å². The van der Waals surface area contributed by atoms with Gasteiger partial charge in [0.25, 0.3) is 0 Å². The van der Waals surface area contributed by atoms with E-state index in [1.54, 1.807) is 14.2 Å². The van der Waals surface area contributed by atoms with Gasteiger partial charge in [0.15, 0.2) is 17.5 Å². The van der Waals surface area contributed by atoms with Crippen molar-refractivity contribution in [3.63, 3.8) is 0 Å². The first-order chi connectivity index (χ1) is 14.6. The normalized spacial score (nSPS) is 13.9. The van der Waals surface area contributed by atoms with Crippen molar-refractivity contribution in [2.45, 2.75) is 53.1 Å². The van der Waals surface area contributed by atoms with Crippen LogP contribution in [0.2, 0.25) is 0 Å². The van der Waals surface area contributed by atoms with E-state index >= 15 is 0 Å². The summed E-state index contributed by atoms with van der Waals surface area (Å²) in [5, 5.41) is 8.17. The van der Waals surface area contributed by atoms with Crippen LogP contribution in [0.3, 0.4) is 0 Å². The van der Waals surface area contributed by atoms with Crippen molar-refractivity contribution < 1.29 is 9.47 Å². The van der Waals surface area contributed by atoms with Gasteiger partial charge in [-0.3, -0.25) is 4.68 Å². The maximum atomic E-state index is 5.51. The predicted molar refractivity (Wildman–Crippen MR) is 120 cm³/mol. The van der Waals surface area contributed by atoms with Crippen molar-refractivity contribution in [2.24, 2.45) is 12.0 Å². The van der Waals surface area contributed by atoms with Crippen molar-refractivity contribution in [3.8, 4) is 11.5 Å². The summed E-state index contributed by atoms with van der Waals surface area (Å²) in [5.41, 5.74) is 6.26. The number of nitrogens with one attached hydrogen (secondary N) is 1. The Labute approximate surface area is 180 Å². The van der Waals surface area contributed by atoms with Crippen molar-refractivity contribution in [2.75, 3.05) is 27.3 Å². The number of benzene rings is 1. The Balaban J connectivity index is 1.86. The molecule has 0 radical (unpaired) electrons. The second kappa shape index (κ2) is 9.87. The zero-order chi connectivity index (χ0) is 21.7. The van der Waals surface area contributed by atoms with Crippen LogP contribution in [0, 0.1) is 0 Å². The molecule has 30 heavy (non-hydrogen) atoms. The van der Waals surface area contributed by atoms with Crippen LogP contribution in [0.4, 0.5) is 0 Å². The van der Waals surface area contributed by atoms with E-state index in [2.05, 4.69) is 48.2 Å². The van der Waals surface area contributed by atoms with Crippen LogP contribution in [-0.4, -0.2) is 47.9 Å². The molecule has 0 saturated heterocycles. The minimum absolute atomic E-state index is 0.651. The quantitative estimate of drug-likeness (QED) is 0.558. The lowest BCUT2D eigenvalue weighted by atomic mass is 9.99. The Hall–Kier alpha value is -2.70. The van der Waals surface area contributed by atoms with Crippen molar-refractivity contribution >= 4 is 5.96 Å². The van der Waals surface area contributed by atoms with Crippen LogP contribution in [-0.2, 0) is 39.4 Å². The number of aryl methyl sites for hydroxylation is 2. The first kappa shape index (κ1) is 22.0. The minimum Gasteiger partial charge on any atom is -0.493 e. The summed E-state index contributed by atoms with van der Waals surface area (Å²) in [7, 11) is 5.39. The summed E-state index contributed by atoms with van der Waals surface area (Å²) in [6.07, 6.45) is 2.84. The molecule has 7 heteroatoms. The lowest BCUT2D eigenvalue weighted by Crippen LogP contribution is -2.44. The Morgan fingerprint density at radius 1 is 1.10 bits per heavy atom. The van der Waals surface area contributed by atoms with Gasteiger partial charge in [0, 0.05) is 37.9 Å². The molecule has 0 amide bonds. The van der Waals surface area contributed by atoms with Gasteiger partial charge < -0.3 is 19.7 Å². The van der Waals surface area contributed by atoms with Gasteiger partial charge in [0.1, 0.15) is 0 Å². The van der Waals surface area contributed by atoms with Crippen LogP contribution >= 0.6 is 0 Å². The van der Waals surface area contributed by atoms with E-state index in [0.717, 1.165) is 62.0 Å². The summed E-state index contributed by atoms with van der Waals surface area (Å²) in [5.74, 6) is 2.52. The van der Waals surface area contributed by atoms with E-state index in [0.29, 0.717) is 6.54 Å². The number of hydrogen-bond donors (Lipinski definition) is 1. The van der Waals surface area contributed by atoms with Gasteiger partial charge in [-0.05, 0) is 49.4 Å². The van der Waals surface area contributed by atoms with Crippen molar-refractivity contribution in [1.82, 2.24) is 20.0 Å². The van der Waals surface area contributed by atoms with Gasteiger partial charge >= 0.3 is 0 Å². The summed E-state index contributed by atoms with van der Waals surface area (Å²) >= 11 is 0. The minimum atomic E-state index is 0.651. The number of aromatic nitrogens is 2. The average Bonchev–Trinajstić information content (AvgIpc) is 3.09. The number of fused-ring (bicyclic) bond motifs is 1. The fourth-order valence-corrected chi connectivity index (χ4v) is 4.22. The third-order valence-electron chi connectivity index (χ3n) is 5.77. The van der Waals surface area contributed by atoms with Gasteiger partial charge in [-0.2, -0.15) is 5.10 Å². The van der Waals surface area contributed by atoms with E-state index in [4.69, 9.17) is 14.5 Å². The van der Waals surface area contributed by atoms with Gasteiger partial charge in [0.05, 0.1) is 26.5 Å². The van der Waals surface area contributed by atoms with E-state index in [1.165, 1.54) is 22.4 Å². The first-order valence-corrected chi connectivity index (χ1v) is 10.9. The zero-order valence-corrected chi connectivity index (χ0v) is 19.2. The molecule has 3 rings (SSSR count). The molecule has 7 nitrogen and oxygen atoms in total. The predicted octanol–water partition coefficient (Wildman–Crippen LogP) is 3.09. The summed E-state index contributed by atoms with van der Waals surface area (Å²) < 4.78 is 13.0. The third-order valence-corrected chi connectivity index (χ3v) is 5.77. The second-order valence-corrected chi connectivity index (χ2v) is 7.52. The van der Waals surface area contributed by atoms with Crippen LogP contribution in [0.25, 0.3) is 0 Å². The van der Waals surface area contributed by atoms with Gasteiger partial charge in [-0.25, -0.2) is 4.99 Å². The molecule has 1 aliphatic heterocycles. The molecule has 1 aromatic heterocycles. The first-order valence-electron chi connectivity index (χ1n) is 10.9. The molecule has 0 bridgehead atoms. The fraction of sp³-hybridized carbons (Fsp3) is 0.565. The average molecular weight is 414 g/mol. The number of nitrogens with zero attached hydrogens (tertiary/aromatic N) is 4. The number of guanidine groups is 1. The maximum Gasteiger partial charge on any atom is 0.194 e. The highest BCUT2D eigenvalue weighted by molar-refractivity contribution is 5.80. The number of hydrogen-bond acceptors (Lipinski definition) is 4. The third kappa shape index (κ3) is 4.40. The molecule has 0 spiro atoms. The smallest absolute Gasteiger partial charge is 0.194 e. The molecule has 1 N–H and O–H groups in total. The second-order valence-electron chi connectivity index (χ2n) is 7.52.